The van der Waals surface area contributed by atoms with Crippen molar-refractivity contribution in [2.24, 2.45) is 5.92 Å². The van der Waals surface area contributed by atoms with Gasteiger partial charge in [-0.05, 0) is 30.5 Å². The van der Waals surface area contributed by atoms with Crippen LogP contribution in [-0.2, 0) is 16.0 Å². The number of nitrogens with two attached hydrogens (primary N) is 1. The number of imide groups is 1. The largest absolute Gasteiger partial charge is 0.480 e. The number of hydrogen-bond donors (Lipinski definition) is 3. The number of hydrogen-bond acceptors (Lipinski definition) is 5. The number of alkyl halides is 3. The summed E-state index contributed by atoms with van der Waals surface area (Å²) >= 11 is 0. The number of carbonyl (C=O) groups is 3. The predicted molar refractivity (Wildman–Crippen MR) is 101 cm³/mol. The van der Waals surface area contributed by atoms with Gasteiger partial charge in [0.05, 0.1) is 5.92 Å². The molecule has 166 valence electrons. The number of halogens is 3. The smallest absolute Gasteiger partial charge is 0.408 e. The van der Waals surface area contributed by atoms with Crippen molar-refractivity contribution in [1.82, 2.24) is 15.2 Å². The van der Waals surface area contributed by atoms with Gasteiger partial charge in [-0.25, -0.2) is 19.5 Å². The molecule has 0 aromatic carbocycles. The molecular formula is C19H25F3N4O4. The molecule has 2 rings (SSSR count). The third-order valence-electron chi connectivity index (χ3n) is 5.03. The number of aliphatic carboxylic acids is 1. The number of carboxylic acids is 1. The molecule has 0 spiro atoms. The first kappa shape index (κ1) is 23.4. The maximum atomic E-state index is 13.3. The van der Waals surface area contributed by atoms with Crippen LogP contribution in [0.25, 0.3) is 0 Å². The number of nitrogen functional groups attached to an aromatic ring is 1. The van der Waals surface area contributed by atoms with Crippen molar-refractivity contribution in [1.29, 1.82) is 0 Å². The second-order valence-electron chi connectivity index (χ2n) is 7.28. The van der Waals surface area contributed by atoms with Crippen LogP contribution in [0, 0.1) is 5.92 Å². The molecule has 1 aromatic rings. The van der Waals surface area contributed by atoms with Gasteiger partial charge in [0.25, 0.3) is 0 Å². The van der Waals surface area contributed by atoms with Crippen LogP contribution in [0.4, 0.5) is 23.8 Å². The van der Waals surface area contributed by atoms with Crippen molar-refractivity contribution >= 4 is 23.7 Å². The lowest BCUT2D eigenvalue weighted by Crippen LogP contribution is -2.69. The molecule has 0 aliphatic carbocycles. The van der Waals surface area contributed by atoms with E-state index in [-0.39, 0.29) is 25.1 Å². The van der Waals surface area contributed by atoms with Crippen LogP contribution in [-0.4, -0.2) is 51.2 Å². The Hall–Kier alpha value is -2.85. The van der Waals surface area contributed by atoms with Crippen molar-refractivity contribution in [2.45, 2.75) is 63.7 Å². The van der Waals surface area contributed by atoms with E-state index in [0.29, 0.717) is 16.9 Å². The fourth-order valence-electron chi connectivity index (χ4n) is 3.44. The summed E-state index contributed by atoms with van der Waals surface area (Å²) in [5.74, 6) is -3.22. The molecule has 3 atom stereocenters. The van der Waals surface area contributed by atoms with E-state index >= 15 is 0 Å². The molecule has 1 fully saturated rings. The zero-order valence-corrected chi connectivity index (χ0v) is 16.5. The van der Waals surface area contributed by atoms with Crippen LogP contribution in [0.2, 0.25) is 0 Å². The second-order valence-corrected chi connectivity index (χ2v) is 7.28. The number of carboxylic acid groups (broad SMARTS) is 1. The number of nitrogens with one attached hydrogen (secondary N) is 1. The molecule has 4 N–H and O–H groups in total. The first-order valence-electron chi connectivity index (χ1n) is 9.69. The summed E-state index contributed by atoms with van der Waals surface area (Å²) in [6, 6.07) is -2.05. The van der Waals surface area contributed by atoms with Crippen LogP contribution >= 0.6 is 0 Å². The van der Waals surface area contributed by atoms with Gasteiger partial charge in [0.15, 0.2) is 6.04 Å². The van der Waals surface area contributed by atoms with E-state index in [4.69, 9.17) is 5.73 Å². The molecule has 1 aromatic heterocycles. The maximum Gasteiger partial charge on any atom is 0.408 e. The van der Waals surface area contributed by atoms with Crippen LogP contribution < -0.4 is 11.1 Å². The summed E-state index contributed by atoms with van der Waals surface area (Å²) in [5.41, 5.74) is 6.10. The molecule has 2 heterocycles. The number of anilines is 1. The average molecular weight is 430 g/mol. The van der Waals surface area contributed by atoms with Crippen molar-refractivity contribution in [3.63, 3.8) is 0 Å². The van der Waals surface area contributed by atoms with Gasteiger partial charge < -0.3 is 16.2 Å². The van der Waals surface area contributed by atoms with Gasteiger partial charge in [-0.2, -0.15) is 13.2 Å². The molecule has 3 amide bonds. The Morgan fingerprint density at radius 3 is 2.60 bits per heavy atom. The first-order valence-corrected chi connectivity index (χ1v) is 9.69. The lowest BCUT2D eigenvalue weighted by Gasteiger charge is -2.43. The Labute approximate surface area is 171 Å². The van der Waals surface area contributed by atoms with Crippen molar-refractivity contribution in [2.75, 3.05) is 5.73 Å². The van der Waals surface area contributed by atoms with Gasteiger partial charge in [0, 0.05) is 6.20 Å². The monoisotopic (exact) mass is 430 g/mol. The van der Waals surface area contributed by atoms with E-state index in [0.717, 1.165) is 12.8 Å². The minimum Gasteiger partial charge on any atom is -0.480 e. The molecular weight excluding hydrogens is 405 g/mol. The van der Waals surface area contributed by atoms with E-state index in [1.165, 1.54) is 12.3 Å². The number of β-lactam (4-membered cyclic amide) rings is 1. The summed E-state index contributed by atoms with van der Waals surface area (Å²) in [6.07, 6.45) is -1.23. The Balaban J connectivity index is 2.07. The number of carbonyl (C=O) groups excluding carboxylic acids is 2. The van der Waals surface area contributed by atoms with Gasteiger partial charge in [-0.15, -0.1) is 0 Å². The van der Waals surface area contributed by atoms with Crippen molar-refractivity contribution < 1.29 is 32.7 Å². The Morgan fingerprint density at radius 1 is 1.33 bits per heavy atom. The highest BCUT2D eigenvalue weighted by Gasteiger charge is 2.55. The molecule has 1 aliphatic rings. The maximum absolute atomic E-state index is 13.3. The summed E-state index contributed by atoms with van der Waals surface area (Å²) in [5, 5.41) is 11.2. The lowest BCUT2D eigenvalue weighted by molar-refractivity contribution is -0.168. The number of aromatic nitrogens is 1. The number of rotatable bonds is 9. The zero-order chi connectivity index (χ0) is 22.5. The van der Waals surface area contributed by atoms with E-state index < -0.39 is 42.1 Å². The van der Waals surface area contributed by atoms with E-state index in [1.807, 2.05) is 6.92 Å². The number of pyridine rings is 1. The lowest BCUT2D eigenvalue weighted by atomic mass is 9.82. The molecule has 8 nitrogen and oxygen atoms in total. The Kier molecular flexibility index (Phi) is 7.63. The highest BCUT2D eigenvalue weighted by Crippen LogP contribution is 2.32. The molecule has 0 saturated carbocycles. The highest BCUT2D eigenvalue weighted by molar-refractivity contribution is 6.07. The number of nitrogens with zero attached hydrogens (tertiary/aromatic N) is 2. The Morgan fingerprint density at radius 2 is 2.03 bits per heavy atom. The summed E-state index contributed by atoms with van der Waals surface area (Å²) in [4.78, 5) is 40.5. The van der Waals surface area contributed by atoms with Crippen LogP contribution in [0.5, 0.6) is 0 Å². The van der Waals surface area contributed by atoms with E-state index in [9.17, 15) is 32.7 Å². The van der Waals surface area contributed by atoms with Gasteiger partial charge in [0.1, 0.15) is 11.9 Å². The molecule has 1 saturated heterocycles. The van der Waals surface area contributed by atoms with Crippen LogP contribution in [0.1, 0.15) is 44.6 Å². The Bertz CT molecular complexity index is 787. The second kappa shape index (κ2) is 9.77. The number of unbranched alkanes of at least 4 members (excludes halogenated alkanes) is 3. The highest BCUT2D eigenvalue weighted by atomic mass is 19.4. The van der Waals surface area contributed by atoms with Crippen LogP contribution in [0.15, 0.2) is 18.3 Å². The molecule has 1 aliphatic heterocycles. The molecule has 30 heavy (non-hydrogen) atoms. The normalized spacial score (nSPS) is 19.9. The minimum atomic E-state index is -4.71. The predicted octanol–water partition coefficient (Wildman–Crippen LogP) is 2.73. The molecule has 0 radical (unpaired) electrons. The van der Waals surface area contributed by atoms with Crippen molar-refractivity contribution in [3.8, 4) is 0 Å². The third-order valence-corrected chi connectivity index (χ3v) is 5.03. The summed E-state index contributed by atoms with van der Waals surface area (Å²) in [7, 11) is 0. The number of urea groups is 1. The molecule has 0 bridgehead atoms. The first-order chi connectivity index (χ1) is 14.1. The quantitative estimate of drug-likeness (QED) is 0.409. The number of likely N-dealkylation sites (tertiary alicyclic amines) is 1. The van der Waals surface area contributed by atoms with E-state index in [1.54, 1.807) is 11.4 Å². The summed E-state index contributed by atoms with van der Waals surface area (Å²) < 4.78 is 39.8. The van der Waals surface area contributed by atoms with E-state index in [2.05, 4.69) is 4.98 Å². The molecule has 3 unspecified atom stereocenters. The average Bonchev–Trinajstić information content (AvgIpc) is 2.65. The topological polar surface area (TPSA) is 126 Å². The van der Waals surface area contributed by atoms with Crippen molar-refractivity contribution in [3.05, 3.63) is 23.9 Å². The third kappa shape index (κ3) is 5.61. The standard InChI is InChI=1S/C19H25F3N4O4/c1-2-3-4-5-6-13(19(20,21)22)25-18(30)26-15(17(28)29)12(16(26)27)9-11-7-8-24-14(23)10-11/h7-8,10,12-13,15H,2-6,9H2,1H3,(H2,23,24)(H,25,30)(H,28,29). The summed E-state index contributed by atoms with van der Waals surface area (Å²) in [6.45, 7) is 1.92. The SMILES string of the molecule is CCCCCCC(NC(=O)N1C(=O)C(Cc2ccnc(N)c2)C1C(=O)O)C(F)(F)F. The van der Waals surface area contributed by atoms with Gasteiger partial charge >= 0.3 is 18.2 Å². The number of amides is 3. The van der Waals surface area contributed by atoms with Crippen LogP contribution in [0.3, 0.4) is 0 Å². The van der Waals surface area contributed by atoms with Gasteiger partial charge in [-0.1, -0.05) is 32.6 Å². The fourth-order valence-corrected chi connectivity index (χ4v) is 3.44. The minimum absolute atomic E-state index is 0.0218. The fraction of sp³-hybridized carbons (Fsp3) is 0.579. The van der Waals surface area contributed by atoms with Gasteiger partial charge in [0.2, 0.25) is 5.91 Å². The molecule has 11 heteroatoms. The zero-order valence-electron chi connectivity index (χ0n) is 16.5. The van der Waals surface area contributed by atoms with Gasteiger partial charge in [-0.3, -0.25) is 4.79 Å².